The summed E-state index contributed by atoms with van der Waals surface area (Å²) in [5.74, 6) is -1.92. The highest BCUT2D eigenvalue weighted by atomic mass is 19.4. The number of aliphatic hydroxyl groups excluding tert-OH is 1. The molecule has 6 nitrogen and oxygen atoms in total. The van der Waals surface area contributed by atoms with Crippen LogP contribution in [0.2, 0.25) is 0 Å². The quantitative estimate of drug-likeness (QED) is 0.293. The summed E-state index contributed by atoms with van der Waals surface area (Å²) in [7, 11) is 0. The molecular weight excluding hydrogens is 475 g/mol. The minimum Gasteiger partial charge on any atom is -0.507 e. The molecule has 2 atom stereocenters. The van der Waals surface area contributed by atoms with Gasteiger partial charge in [0.1, 0.15) is 23.4 Å². The number of ketones is 1. The van der Waals surface area contributed by atoms with E-state index in [9.17, 15) is 27.9 Å². The highest BCUT2D eigenvalue weighted by molar-refractivity contribution is 6.51. The Morgan fingerprint density at radius 1 is 1.03 bits per heavy atom. The Morgan fingerprint density at radius 3 is 2.39 bits per heavy atom. The van der Waals surface area contributed by atoms with Gasteiger partial charge in [-0.1, -0.05) is 30.3 Å². The predicted molar refractivity (Wildman–Crippen MR) is 125 cm³/mol. The van der Waals surface area contributed by atoms with Crippen LogP contribution in [0.25, 0.3) is 5.76 Å². The van der Waals surface area contributed by atoms with Crippen molar-refractivity contribution in [2.24, 2.45) is 0 Å². The van der Waals surface area contributed by atoms with Gasteiger partial charge in [0.25, 0.3) is 11.7 Å². The molecule has 1 N–H and O–H groups in total. The Bertz CT molecular complexity index is 1370. The fourth-order valence-electron chi connectivity index (χ4n) is 4.58. The van der Waals surface area contributed by atoms with E-state index < -0.39 is 29.8 Å². The molecule has 0 aromatic heterocycles. The fraction of sp³-hybridized carbons (Fsp3) is 0.185. The molecule has 184 valence electrons. The van der Waals surface area contributed by atoms with Crippen LogP contribution in [0.1, 0.15) is 29.7 Å². The number of hydrogen-bond acceptors (Lipinski definition) is 5. The number of hydrogen-bond donors (Lipinski definition) is 1. The number of ether oxygens (including phenoxy) is 2. The Hall–Kier alpha value is -4.27. The number of amides is 1. The molecule has 5 rings (SSSR count). The number of carbonyl (C=O) groups excluding carboxylic acids is 2. The minimum absolute atomic E-state index is 0.0170. The minimum atomic E-state index is -4.87. The Labute approximate surface area is 204 Å². The number of nitrogens with zero attached hydrogens (tertiary/aromatic N) is 1. The summed E-state index contributed by atoms with van der Waals surface area (Å²) in [4.78, 5) is 27.6. The molecule has 0 spiro atoms. The first-order chi connectivity index (χ1) is 17.1. The summed E-state index contributed by atoms with van der Waals surface area (Å²) in [5.41, 5.74) is 1.84. The van der Waals surface area contributed by atoms with Crippen molar-refractivity contribution in [1.29, 1.82) is 0 Å². The highest BCUT2D eigenvalue weighted by Gasteiger charge is 2.47. The van der Waals surface area contributed by atoms with E-state index in [1.807, 2.05) is 6.92 Å². The molecule has 1 amide bonds. The molecule has 1 fully saturated rings. The molecule has 0 saturated carbocycles. The molecule has 2 unspecified atom stereocenters. The predicted octanol–water partition coefficient (Wildman–Crippen LogP) is 5.53. The van der Waals surface area contributed by atoms with Gasteiger partial charge < -0.3 is 14.6 Å². The third-order valence-electron chi connectivity index (χ3n) is 6.08. The number of alkyl halides is 3. The third kappa shape index (κ3) is 4.28. The van der Waals surface area contributed by atoms with Gasteiger partial charge in [-0.15, -0.1) is 13.2 Å². The lowest BCUT2D eigenvalue weighted by Gasteiger charge is -2.25. The summed E-state index contributed by atoms with van der Waals surface area (Å²) in [6.07, 6.45) is -4.25. The van der Waals surface area contributed by atoms with Crippen LogP contribution in [0.3, 0.4) is 0 Å². The molecule has 36 heavy (non-hydrogen) atoms. The van der Waals surface area contributed by atoms with Gasteiger partial charge in [-0.3, -0.25) is 14.5 Å². The van der Waals surface area contributed by atoms with Crippen molar-refractivity contribution in [2.45, 2.75) is 31.9 Å². The molecule has 2 aliphatic rings. The molecule has 1 saturated heterocycles. The van der Waals surface area contributed by atoms with Crippen LogP contribution >= 0.6 is 0 Å². The second-order valence-electron chi connectivity index (χ2n) is 8.58. The van der Waals surface area contributed by atoms with Crippen LogP contribution in [0.15, 0.2) is 78.4 Å². The molecule has 0 bridgehead atoms. The van der Waals surface area contributed by atoms with Crippen LogP contribution in [0.5, 0.6) is 11.5 Å². The first kappa shape index (κ1) is 23.5. The van der Waals surface area contributed by atoms with Crippen molar-refractivity contribution in [2.75, 3.05) is 4.90 Å². The number of Topliss-reactive ketones (excluding diaryl/α,β-unsaturated/α-hetero) is 1. The van der Waals surface area contributed by atoms with Crippen molar-refractivity contribution in [3.05, 3.63) is 95.1 Å². The van der Waals surface area contributed by atoms with E-state index in [1.54, 1.807) is 48.5 Å². The SMILES string of the molecule is CC1Cc2cc(/C(O)=C3/C(=O)C(=O)N(c4ccc(OC(F)(F)F)cc4)C3c3ccccc3)ccc2O1. The summed E-state index contributed by atoms with van der Waals surface area (Å²) < 4.78 is 47.3. The molecule has 0 radical (unpaired) electrons. The number of carbonyl (C=O) groups is 2. The Balaban J connectivity index is 1.60. The number of aliphatic hydroxyl groups is 1. The van der Waals surface area contributed by atoms with E-state index in [0.717, 1.165) is 17.7 Å². The molecule has 2 aliphatic heterocycles. The van der Waals surface area contributed by atoms with E-state index >= 15 is 0 Å². The van der Waals surface area contributed by atoms with Gasteiger partial charge in [0.2, 0.25) is 0 Å². The average molecular weight is 495 g/mol. The van der Waals surface area contributed by atoms with Crippen molar-refractivity contribution in [1.82, 2.24) is 0 Å². The van der Waals surface area contributed by atoms with Crippen molar-refractivity contribution in [3.8, 4) is 11.5 Å². The zero-order valence-corrected chi connectivity index (χ0v) is 19.0. The summed E-state index contributed by atoms with van der Waals surface area (Å²) >= 11 is 0. The van der Waals surface area contributed by atoms with Crippen LogP contribution < -0.4 is 14.4 Å². The molecule has 0 aliphatic carbocycles. The molecule has 3 aromatic rings. The van der Waals surface area contributed by atoms with Crippen molar-refractivity contribution >= 4 is 23.1 Å². The zero-order valence-electron chi connectivity index (χ0n) is 19.0. The fourth-order valence-corrected chi connectivity index (χ4v) is 4.58. The van der Waals surface area contributed by atoms with Gasteiger partial charge in [-0.2, -0.15) is 0 Å². The van der Waals surface area contributed by atoms with Crippen molar-refractivity contribution < 1.29 is 37.3 Å². The van der Waals surface area contributed by atoms with E-state index in [2.05, 4.69) is 4.74 Å². The lowest BCUT2D eigenvalue weighted by molar-refractivity contribution is -0.274. The maximum atomic E-state index is 13.2. The second kappa shape index (κ2) is 8.75. The molecular formula is C27H20F3NO5. The smallest absolute Gasteiger partial charge is 0.507 e. The van der Waals surface area contributed by atoms with Crippen LogP contribution in [0, 0.1) is 0 Å². The van der Waals surface area contributed by atoms with Gasteiger partial charge in [-0.25, -0.2) is 0 Å². The third-order valence-corrected chi connectivity index (χ3v) is 6.08. The first-order valence-corrected chi connectivity index (χ1v) is 11.1. The molecule has 3 aromatic carbocycles. The maximum Gasteiger partial charge on any atom is 0.573 e. The Kier molecular flexibility index (Phi) is 5.70. The number of benzene rings is 3. The topological polar surface area (TPSA) is 76.1 Å². The van der Waals surface area contributed by atoms with Gasteiger partial charge in [0, 0.05) is 17.7 Å². The number of halogens is 3. The van der Waals surface area contributed by atoms with Gasteiger partial charge in [-0.05, 0) is 60.5 Å². The van der Waals surface area contributed by atoms with Crippen LogP contribution in [0.4, 0.5) is 18.9 Å². The second-order valence-corrected chi connectivity index (χ2v) is 8.58. The standard InChI is InChI=1S/C27H20F3NO5/c1-15-13-18-14-17(7-12-21(18)35-15)24(32)22-23(16-5-3-2-4-6-16)31(26(34)25(22)33)19-8-10-20(11-9-19)36-27(28,29)30/h2-12,14-15,23,32H,13H2,1H3/b24-22-. The first-order valence-electron chi connectivity index (χ1n) is 11.1. The van der Waals surface area contributed by atoms with Crippen LogP contribution in [-0.2, 0) is 16.0 Å². The highest BCUT2D eigenvalue weighted by Crippen LogP contribution is 2.43. The molecule has 9 heteroatoms. The van der Waals surface area contributed by atoms with E-state index in [1.165, 1.54) is 17.0 Å². The lowest BCUT2D eigenvalue weighted by atomic mass is 9.94. The maximum absolute atomic E-state index is 13.2. The van der Waals surface area contributed by atoms with Crippen molar-refractivity contribution in [3.63, 3.8) is 0 Å². The Morgan fingerprint density at radius 2 is 1.72 bits per heavy atom. The van der Waals surface area contributed by atoms with E-state index in [0.29, 0.717) is 23.3 Å². The number of fused-ring (bicyclic) bond motifs is 1. The van der Waals surface area contributed by atoms with Gasteiger partial charge >= 0.3 is 6.36 Å². The van der Waals surface area contributed by atoms with Gasteiger partial charge in [0.15, 0.2) is 0 Å². The zero-order chi connectivity index (χ0) is 25.6. The van der Waals surface area contributed by atoms with Crippen LogP contribution in [-0.4, -0.2) is 29.3 Å². The number of rotatable bonds is 4. The van der Waals surface area contributed by atoms with Gasteiger partial charge in [0.05, 0.1) is 11.6 Å². The average Bonchev–Trinajstić information content (AvgIpc) is 3.34. The monoisotopic (exact) mass is 495 g/mol. The lowest BCUT2D eigenvalue weighted by Crippen LogP contribution is -2.29. The molecule has 2 heterocycles. The summed E-state index contributed by atoms with van der Waals surface area (Å²) in [6.45, 7) is 1.92. The van der Waals surface area contributed by atoms with E-state index in [4.69, 9.17) is 4.74 Å². The summed E-state index contributed by atoms with van der Waals surface area (Å²) in [5, 5.41) is 11.3. The normalized spacial score (nSPS) is 20.8. The van der Waals surface area contributed by atoms with E-state index in [-0.39, 0.29) is 23.1 Å². The number of anilines is 1. The largest absolute Gasteiger partial charge is 0.573 e. The summed E-state index contributed by atoms with van der Waals surface area (Å²) in [6, 6.07) is 17.3.